The topological polar surface area (TPSA) is 20.3 Å². The highest BCUT2D eigenvalue weighted by atomic mass is 79.9. The lowest BCUT2D eigenvalue weighted by Crippen LogP contribution is -2.27. The lowest BCUT2D eigenvalue weighted by atomic mass is 10.1. The van der Waals surface area contributed by atoms with E-state index in [4.69, 9.17) is 0 Å². The Morgan fingerprint density at radius 3 is 2.38 bits per heavy atom. The first-order valence-corrected chi connectivity index (χ1v) is 6.82. The predicted molar refractivity (Wildman–Crippen MR) is 76.3 cm³/mol. The van der Waals surface area contributed by atoms with Crippen molar-refractivity contribution in [2.45, 2.75) is 6.54 Å². The summed E-state index contributed by atoms with van der Waals surface area (Å²) in [7, 11) is 1.46. The summed E-state index contributed by atoms with van der Waals surface area (Å²) < 4.78 is 40.2. The molecule has 0 fully saturated rings. The quantitative estimate of drug-likeness (QED) is 0.808. The van der Waals surface area contributed by atoms with E-state index in [2.05, 4.69) is 15.9 Å². The van der Waals surface area contributed by atoms with E-state index >= 15 is 0 Å². The zero-order valence-corrected chi connectivity index (χ0v) is 12.6. The number of benzene rings is 2. The lowest BCUT2D eigenvalue weighted by Gasteiger charge is -2.18. The Kier molecular flexibility index (Phi) is 4.67. The van der Waals surface area contributed by atoms with Crippen LogP contribution in [0.4, 0.5) is 13.2 Å². The second-order valence-electron chi connectivity index (χ2n) is 4.53. The van der Waals surface area contributed by atoms with E-state index < -0.39 is 23.4 Å². The molecule has 0 spiro atoms. The molecule has 21 heavy (non-hydrogen) atoms. The van der Waals surface area contributed by atoms with Crippen molar-refractivity contribution in [1.29, 1.82) is 0 Å². The highest BCUT2D eigenvalue weighted by Crippen LogP contribution is 2.18. The maximum atomic E-state index is 13.7. The van der Waals surface area contributed by atoms with Gasteiger partial charge in [0, 0.05) is 18.1 Å². The first-order valence-electron chi connectivity index (χ1n) is 6.03. The zero-order valence-electron chi connectivity index (χ0n) is 11.0. The number of halogens is 4. The normalized spacial score (nSPS) is 10.5. The third-order valence-corrected chi connectivity index (χ3v) is 3.40. The van der Waals surface area contributed by atoms with Crippen molar-refractivity contribution >= 4 is 21.8 Å². The molecule has 0 unspecified atom stereocenters. The van der Waals surface area contributed by atoms with Gasteiger partial charge in [0.2, 0.25) is 0 Å². The summed E-state index contributed by atoms with van der Waals surface area (Å²) in [5, 5.41) is 0. The molecule has 0 bridgehead atoms. The molecule has 1 amide bonds. The van der Waals surface area contributed by atoms with Crippen LogP contribution in [-0.4, -0.2) is 17.9 Å². The molecule has 0 heterocycles. The van der Waals surface area contributed by atoms with Crippen LogP contribution >= 0.6 is 15.9 Å². The van der Waals surface area contributed by atoms with E-state index in [0.29, 0.717) is 10.0 Å². The predicted octanol–water partition coefficient (Wildman–Crippen LogP) is 4.14. The van der Waals surface area contributed by atoms with Gasteiger partial charge in [-0.2, -0.15) is 0 Å². The van der Waals surface area contributed by atoms with E-state index in [1.807, 2.05) is 0 Å². The molecule has 0 aromatic heterocycles. The average Bonchev–Trinajstić information content (AvgIpc) is 2.44. The number of carbonyl (C=O) groups is 1. The van der Waals surface area contributed by atoms with Crippen LogP contribution in [0.3, 0.4) is 0 Å². The summed E-state index contributed by atoms with van der Waals surface area (Å²) in [4.78, 5) is 13.4. The minimum absolute atomic E-state index is 0.0436. The molecule has 0 saturated carbocycles. The molecule has 0 aliphatic heterocycles. The van der Waals surface area contributed by atoms with Gasteiger partial charge in [-0.05, 0) is 35.9 Å². The van der Waals surface area contributed by atoms with E-state index in [1.54, 1.807) is 0 Å². The molecule has 6 heteroatoms. The number of hydrogen-bond acceptors (Lipinski definition) is 1. The van der Waals surface area contributed by atoms with Gasteiger partial charge in [-0.3, -0.25) is 4.79 Å². The maximum Gasteiger partial charge on any atom is 0.256 e. The van der Waals surface area contributed by atoms with Gasteiger partial charge < -0.3 is 4.90 Å². The third-order valence-electron chi connectivity index (χ3n) is 2.91. The van der Waals surface area contributed by atoms with Gasteiger partial charge in [-0.25, -0.2) is 13.2 Å². The molecule has 2 aromatic carbocycles. The number of nitrogens with zero attached hydrogens (tertiary/aromatic N) is 1. The molecule has 110 valence electrons. The molecule has 2 rings (SSSR count). The lowest BCUT2D eigenvalue weighted by molar-refractivity contribution is 0.0780. The number of carbonyl (C=O) groups excluding carboxylic acids is 1. The molecule has 0 aliphatic rings. The van der Waals surface area contributed by atoms with Crippen LogP contribution in [0.15, 0.2) is 40.9 Å². The molecule has 0 aliphatic carbocycles. The largest absolute Gasteiger partial charge is 0.337 e. The molecule has 0 radical (unpaired) electrons. The molecule has 2 nitrogen and oxygen atoms in total. The Balaban J connectivity index is 2.19. The maximum absolute atomic E-state index is 13.7. The fourth-order valence-electron chi connectivity index (χ4n) is 1.85. The zero-order chi connectivity index (χ0) is 15.6. The molecule has 0 atom stereocenters. The van der Waals surface area contributed by atoms with Crippen molar-refractivity contribution in [3.05, 3.63) is 69.4 Å². The number of rotatable bonds is 3. The van der Waals surface area contributed by atoms with E-state index in [0.717, 1.165) is 12.1 Å². The third kappa shape index (κ3) is 3.64. The van der Waals surface area contributed by atoms with Crippen LogP contribution in [0.2, 0.25) is 0 Å². The van der Waals surface area contributed by atoms with Crippen LogP contribution < -0.4 is 0 Å². The van der Waals surface area contributed by atoms with Crippen LogP contribution in [-0.2, 0) is 6.54 Å². The molecular formula is C15H11BrF3NO. The van der Waals surface area contributed by atoms with E-state index in [1.165, 1.54) is 36.2 Å². The Bertz CT molecular complexity index is 691. The van der Waals surface area contributed by atoms with Crippen molar-refractivity contribution in [2.24, 2.45) is 0 Å². The first kappa shape index (κ1) is 15.6. The number of amides is 1. The van der Waals surface area contributed by atoms with Gasteiger partial charge in [0.25, 0.3) is 5.91 Å². The van der Waals surface area contributed by atoms with E-state index in [9.17, 15) is 18.0 Å². The summed E-state index contributed by atoms with van der Waals surface area (Å²) in [6.45, 7) is 0.0436. The SMILES string of the molecule is CN(Cc1ccc(F)c(F)c1)C(=O)c1cc(Br)ccc1F. The van der Waals surface area contributed by atoms with Crippen molar-refractivity contribution in [2.75, 3.05) is 7.05 Å². The summed E-state index contributed by atoms with van der Waals surface area (Å²) in [5.41, 5.74) is 0.328. The Labute approximate surface area is 128 Å². The Morgan fingerprint density at radius 1 is 1.05 bits per heavy atom. The average molecular weight is 358 g/mol. The summed E-state index contributed by atoms with van der Waals surface area (Å²) in [5.74, 6) is -3.12. The number of hydrogen-bond donors (Lipinski definition) is 0. The van der Waals surface area contributed by atoms with E-state index in [-0.39, 0.29) is 12.1 Å². The minimum atomic E-state index is -0.984. The van der Waals surface area contributed by atoms with Crippen molar-refractivity contribution in [3.8, 4) is 0 Å². The van der Waals surface area contributed by atoms with Gasteiger partial charge in [0.1, 0.15) is 5.82 Å². The van der Waals surface area contributed by atoms with Crippen LogP contribution in [0, 0.1) is 17.5 Å². The second-order valence-corrected chi connectivity index (χ2v) is 5.45. The van der Waals surface area contributed by atoms with Gasteiger partial charge in [-0.15, -0.1) is 0 Å². The molecule has 0 N–H and O–H groups in total. The Hall–Kier alpha value is -1.82. The van der Waals surface area contributed by atoms with Crippen molar-refractivity contribution in [1.82, 2.24) is 4.90 Å². The molecule has 0 saturated heterocycles. The van der Waals surface area contributed by atoms with Gasteiger partial charge in [0.15, 0.2) is 11.6 Å². The van der Waals surface area contributed by atoms with Crippen LogP contribution in [0.5, 0.6) is 0 Å². The summed E-state index contributed by atoms with van der Waals surface area (Å²) >= 11 is 3.17. The standard InChI is InChI=1S/C15H11BrF3NO/c1-20(8-9-2-4-13(18)14(19)6-9)15(21)11-7-10(16)3-5-12(11)17/h2-7H,8H2,1H3. The van der Waals surface area contributed by atoms with Crippen molar-refractivity contribution in [3.63, 3.8) is 0 Å². The first-order chi connectivity index (χ1) is 9.88. The fraction of sp³-hybridized carbons (Fsp3) is 0.133. The van der Waals surface area contributed by atoms with Crippen molar-refractivity contribution < 1.29 is 18.0 Å². The van der Waals surface area contributed by atoms with Gasteiger partial charge in [-0.1, -0.05) is 22.0 Å². The summed E-state index contributed by atoms with van der Waals surface area (Å²) in [6.07, 6.45) is 0. The molecular weight excluding hydrogens is 347 g/mol. The summed E-state index contributed by atoms with van der Waals surface area (Å²) in [6, 6.07) is 7.42. The van der Waals surface area contributed by atoms with Crippen LogP contribution in [0.25, 0.3) is 0 Å². The second kappa shape index (κ2) is 6.30. The smallest absolute Gasteiger partial charge is 0.256 e. The van der Waals surface area contributed by atoms with Gasteiger partial charge >= 0.3 is 0 Å². The highest BCUT2D eigenvalue weighted by Gasteiger charge is 2.17. The van der Waals surface area contributed by atoms with Gasteiger partial charge in [0.05, 0.1) is 5.56 Å². The van der Waals surface area contributed by atoms with Crippen LogP contribution in [0.1, 0.15) is 15.9 Å². The molecule has 2 aromatic rings. The minimum Gasteiger partial charge on any atom is -0.337 e. The monoisotopic (exact) mass is 357 g/mol. The highest BCUT2D eigenvalue weighted by molar-refractivity contribution is 9.10. The fourth-order valence-corrected chi connectivity index (χ4v) is 2.21. The Morgan fingerprint density at radius 2 is 1.71 bits per heavy atom.